The van der Waals surface area contributed by atoms with E-state index < -0.39 is 0 Å². The first-order chi connectivity index (χ1) is 11.6. The maximum absolute atomic E-state index is 12.5. The van der Waals surface area contributed by atoms with Gasteiger partial charge in [-0.2, -0.15) is 5.10 Å². The van der Waals surface area contributed by atoms with Crippen LogP contribution in [-0.4, -0.2) is 34.3 Å². The van der Waals surface area contributed by atoms with Gasteiger partial charge in [0.1, 0.15) is 5.75 Å². The molecule has 124 valence electrons. The molecule has 0 radical (unpaired) electrons. The number of benzene rings is 1. The van der Waals surface area contributed by atoms with Gasteiger partial charge in [-0.15, -0.1) is 0 Å². The zero-order valence-corrected chi connectivity index (χ0v) is 14.0. The summed E-state index contributed by atoms with van der Waals surface area (Å²) in [4.78, 5) is 16.8. The standard InChI is InChI=1S/C18H20N4O2/c1-12-10-13(2)22(21-12)9-8-20-18(23)15-6-7-19-17-5-4-14(24-3)11-16(15)17/h4-7,10-11H,8-9H2,1-3H3,(H,20,23). The molecule has 0 aliphatic heterocycles. The van der Waals surface area contributed by atoms with Crippen molar-refractivity contribution in [1.29, 1.82) is 0 Å². The minimum absolute atomic E-state index is 0.128. The molecule has 0 aliphatic carbocycles. The SMILES string of the molecule is COc1ccc2nccc(C(=O)NCCn3nc(C)cc3C)c2c1. The van der Waals surface area contributed by atoms with Crippen molar-refractivity contribution in [3.05, 3.63) is 53.5 Å². The van der Waals surface area contributed by atoms with Crippen molar-refractivity contribution in [3.8, 4) is 5.75 Å². The topological polar surface area (TPSA) is 69.0 Å². The molecule has 24 heavy (non-hydrogen) atoms. The van der Waals surface area contributed by atoms with Gasteiger partial charge in [-0.3, -0.25) is 14.5 Å². The maximum atomic E-state index is 12.5. The quantitative estimate of drug-likeness (QED) is 0.783. The van der Waals surface area contributed by atoms with E-state index in [0.717, 1.165) is 22.3 Å². The zero-order valence-electron chi connectivity index (χ0n) is 14.0. The number of fused-ring (bicyclic) bond motifs is 1. The number of nitrogens with zero attached hydrogens (tertiary/aromatic N) is 3. The average molecular weight is 324 g/mol. The molecule has 3 aromatic rings. The number of hydrogen-bond donors (Lipinski definition) is 1. The van der Waals surface area contributed by atoms with Crippen molar-refractivity contribution in [1.82, 2.24) is 20.1 Å². The van der Waals surface area contributed by atoms with Crippen molar-refractivity contribution < 1.29 is 9.53 Å². The molecule has 0 unspecified atom stereocenters. The second-order valence-electron chi connectivity index (χ2n) is 5.65. The lowest BCUT2D eigenvalue weighted by molar-refractivity contribution is 0.0953. The van der Waals surface area contributed by atoms with E-state index in [0.29, 0.717) is 24.4 Å². The van der Waals surface area contributed by atoms with Crippen LogP contribution in [0.2, 0.25) is 0 Å². The summed E-state index contributed by atoms with van der Waals surface area (Å²) < 4.78 is 7.13. The number of aryl methyl sites for hydroxylation is 2. The normalized spacial score (nSPS) is 10.8. The summed E-state index contributed by atoms with van der Waals surface area (Å²) >= 11 is 0. The fraction of sp³-hybridized carbons (Fsp3) is 0.278. The Morgan fingerprint density at radius 1 is 1.25 bits per heavy atom. The summed E-state index contributed by atoms with van der Waals surface area (Å²) in [6, 6.07) is 9.25. The molecule has 0 spiro atoms. The predicted molar refractivity (Wildman–Crippen MR) is 92.3 cm³/mol. The zero-order chi connectivity index (χ0) is 17.1. The first-order valence-corrected chi connectivity index (χ1v) is 7.80. The Labute approximate surface area is 140 Å². The summed E-state index contributed by atoms with van der Waals surface area (Å²) in [6.07, 6.45) is 1.64. The van der Waals surface area contributed by atoms with E-state index in [9.17, 15) is 4.79 Å². The van der Waals surface area contributed by atoms with E-state index in [4.69, 9.17) is 4.74 Å². The summed E-state index contributed by atoms with van der Waals surface area (Å²) in [5.41, 5.74) is 3.42. The molecule has 1 aromatic carbocycles. The van der Waals surface area contributed by atoms with Gasteiger partial charge in [-0.1, -0.05) is 0 Å². The van der Waals surface area contributed by atoms with Crippen molar-refractivity contribution in [3.63, 3.8) is 0 Å². The number of carbonyl (C=O) groups is 1. The van der Waals surface area contributed by atoms with Gasteiger partial charge in [-0.25, -0.2) is 0 Å². The Morgan fingerprint density at radius 3 is 2.79 bits per heavy atom. The number of hydrogen-bond acceptors (Lipinski definition) is 4. The van der Waals surface area contributed by atoms with Crippen molar-refractivity contribution >= 4 is 16.8 Å². The molecule has 0 aliphatic rings. The molecule has 1 amide bonds. The third kappa shape index (κ3) is 3.22. The van der Waals surface area contributed by atoms with Gasteiger partial charge in [0.2, 0.25) is 0 Å². The van der Waals surface area contributed by atoms with Crippen LogP contribution in [0.25, 0.3) is 10.9 Å². The minimum atomic E-state index is -0.128. The average Bonchev–Trinajstić information content (AvgIpc) is 2.91. The molecule has 6 nitrogen and oxygen atoms in total. The van der Waals surface area contributed by atoms with E-state index in [1.54, 1.807) is 19.4 Å². The monoisotopic (exact) mass is 324 g/mol. The van der Waals surface area contributed by atoms with Gasteiger partial charge in [0.15, 0.2) is 0 Å². The van der Waals surface area contributed by atoms with Crippen LogP contribution in [-0.2, 0) is 6.54 Å². The highest BCUT2D eigenvalue weighted by Crippen LogP contribution is 2.22. The van der Waals surface area contributed by atoms with Crippen molar-refractivity contribution in [2.75, 3.05) is 13.7 Å². The van der Waals surface area contributed by atoms with Crippen molar-refractivity contribution in [2.45, 2.75) is 20.4 Å². The van der Waals surface area contributed by atoms with Crippen LogP contribution in [0, 0.1) is 13.8 Å². The number of aromatic nitrogens is 3. The van der Waals surface area contributed by atoms with E-state index in [1.165, 1.54) is 0 Å². The highest BCUT2D eigenvalue weighted by Gasteiger charge is 2.11. The Morgan fingerprint density at radius 2 is 2.08 bits per heavy atom. The summed E-state index contributed by atoms with van der Waals surface area (Å²) in [7, 11) is 1.60. The van der Waals surface area contributed by atoms with Crippen LogP contribution < -0.4 is 10.1 Å². The first-order valence-electron chi connectivity index (χ1n) is 7.80. The summed E-state index contributed by atoms with van der Waals surface area (Å²) in [5, 5.41) is 8.11. The number of methoxy groups -OCH3 is 1. The Kier molecular flexibility index (Phi) is 4.46. The predicted octanol–water partition coefficient (Wildman–Crippen LogP) is 2.49. The molecule has 0 saturated carbocycles. The number of ether oxygens (including phenoxy) is 1. The molecular formula is C18H20N4O2. The number of rotatable bonds is 5. The second-order valence-corrected chi connectivity index (χ2v) is 5.65. The number of pyridine rings is 1. The van der Waals surface area contributed by atoms with Crippen molar-refractivity contribution in [2.24, 2.45) is 0 Å². The smallest absolute Gasteiger partial charge is 0.252 e. The molecule has 6 heteroatoms. The molecular weight excluding hydrogens is 304 g/mol. The Hall–Kier alpha value is -2.89. The molecule has 1 N–H and O–H groups in total. The molecule has 0 saturated heterocycles. The fourth-order valence-corrected chi connectivity index (χ4v) is 2.72. The number of amides is 1. The molecule has 0 atom stereocenters. The van der Waals surface area contributed by atoms with Gasteiger partial charge in [0.05, 0.1) is 30.4 Å². The van der Waals surface area contributed by atoms with Gasteiger partial charge in [0.25, 0.3) is 5.91 Å². The van der Waals surface area contributed by atoms with E-state index in [-0.39, 0.29) is 5.91 Å². The number of carbonyl (C=O) groups excluding carboxylic acids is 1. The van der Waals surface area contributed by atoms with Gasteiger partial charge in [-0.05, 0) is 44.2 Å². The second kappa shape index (κ2) is 6.70. The van der Waals surface area contributed by atoms with E-state index >= 15 is 0 Å². The third-order valence-corrected chi connectivity index (χ3v) is 3.91. The van der Waals surface area contributed by atoms with Crippen LogP contribution >= 0.6 is 0 Å². The lowest BCUT2D eigenvalue weighted by atomic mass is 10.1. The van der Waals surface area contributed by atoms with Crippen LogP contribution in [0.3, 0.4) is 0 Å². The largest absolute Gasteiger partial charge is 0.497 e. The molecule has 0 fully saturated rings. The molecule has 3 rings (SSSR count). The maximum Gasteiger partial charge on any atom is 0.252 e. The van der Waals surface area contributed by atoms with Gasteiger partial charge < -0.3 is 10.1 Å². The van der Waals surface area contributed by atoms with Crippen LogP contribution in [0.4, 0.5) is 0 Å². The number of nitrogens with one attached hydrogen (secondary N) is 1. The Balaban J connectivity index is 1.75. The first kappa shape index (κ1) is 16.0. The van der Waals surface area contributed by atoms with Crippen LogP contribution in [0.5, 0.6) is 5.75 Å². The lowest BCUT2D eigenvalue weighted by Crippen LogP contribution is -2.28. The Bertz CT molecular complexity index is 886. The van der Waals surface area contributed by atoms with E-state index in [1.807, 2.05) is 42.8 Å². The molecule has 2 aromatic heterocycles. The van der Waals surface area contributed by atoms with E-state index in [2.05, 4.69) is 15.4 Å². The van der Waals surface area contributed by atoms with Crippen LogP contribution in [0.15, 0.2) is 36.5 Å². The summed E-state index contributed by atoms with van der Waals surface area (Å²) in [5.74, 6) is 0.573. The highest BCUT2D eigenvalue weighted by atomic mass is 16.5. The van der Waals surface area contributed by atoms with Gasteiger partial charge >= 0.3 is 0 Å². The lowest BCUT2D eigenvalue weighted by Gasteiger charge is -2.09. The molecule has 2 heterocycles. The fourth-order valence-electron chi connectivity index (χ4n) is 2.72. The third-order valence-electron chi connectivity index (χ3n) is 3.91. The highest BCUT2D eigenvalue weighted by molar-refractivity contribution is 6.06. The van der Waals surface area contributed by atoms with Crippen LogP contribution in [0.1, 0.15) is 21.7 Å². The van der Waals surface area contributed by atoms with Gasteiger partial charge in [0, 0.05) is 23.8 Å². The minimum Gasteiger partial charge on any atom is -0.497 e. The summed E-state index contributed by atoms with van der Waals surface area (Å²) in [6.45, 7) is 5.11. The molecule has 0 bridgehead atoms.